The third-order valence-electron chi connectivity index (χ3n) is 7.43. The van der Waals surface area contributed by atoms with Crippen LogP contribution in [0.15, 0.2) is 54.9 Å². The van der Waals surface area contributed by atoms with Gasteiger partial charge in [-0.1, -0.05) is 30.3 Å². The topological polar surface area (TPSA) is 87.5 Å². The number of anilines is 1. The fraction of sp³-hybridized carbons (Fsp3) is 0.417. The molecule has 0 atom stereocenters. The second-order valence-corrected chi connectivity index (χ2v) is 11.4. The molecule has 1 N–H and O–H groups in total. The SMILES string of the molecule is CN(C)C1(c2ccccc2)CCC2(CC1)CN(c1cnc3c(ccn3S(C)(=O)=O)c1)C(=O)N2. The lowest BCUT2D eigenvalue weighted by molar-refractivity contribution is 0.0658. The Bertz CT molecular complexity index is 1310. The van der Waals surface area contributed by atoms with Crippen LogP contribution in [0.2, 0.25) is 0 Å². The molecule has 174 valence electrons. The number of carbonyl (C=O) groups excluding carboxylic acids is 1. The minimum atomic E-state index is -3.43. The summed E-state index contributed by atoms with van der Waals surface area (Å²) in [5.74, 6) is 0. The smallest absolute Gasteiger partial charge is 0.322 e. The van der Waals surface area contributed by atoms with E-state index >= 15 is 0 Å². The van der Waals surface area contributed by atoms with Crippen LogP contribution in [0.4, 0.5) is 10.5 Å². The highest BCUT2D eigenvalue weighted by Crippen LogP contribution is 2.46. The molecule has 8 nitrogen and oxygen atoms in total. The third-order valence-corrected chi connectivity index (χ3v) is 8.44. The van der Waals surface area contributed by atoms with Crippen molar-refractivity contribution in [1.29, 1.82) is 0 Å². The number of rotatable bonds is 4. The summed E-state index contributed by atoms with van der Waals surface area (Å²) in [6.45, 7) is 0.574. The van der Waals surface area contributed by atoms with Crippen molar-refractivity contribution >= 4 is 32.8 Å². The van der Waals surface area contributed by atoms with Crippen LogP contribution in [0, 0.1) is 0 Å². The van der Waals surface area contributed by atoms with Crippen molar-refractivity contribution < 1.29 is 13.2 Å². The average molecular weight is 468 g/mol. The zero-order valence-corrected chi connectivity index (χ0v) is 20.0. The Morgan fingerprint density at radius 2 is 1.76 bits per heavy atom. The van der Waals surface area contributed by atoms with E-state index in [9.17, 15) is 13.2 Å². The largest absolute Gasteiger partial charge is 0.330 e. The molecule has 2 fully saturated rings. The first kappa shape index (κ1) is 21.9. The number of carbonyl (C=O) groups is 1. The van der Waals surface area contributed by atoms with Crippen molar-refractivity contribution in [2.45, 2.75) is 36.8 Å². The number of urea groups is 1. The summed E-state index contributed by atoms with van der Waals surface area (Å²) < 4.78 is 25.1. The monoisotopic (exact) mass is 467 g/mol. The maximum Gasteiger partial charge on any atom is 0.322 e. The van der Waals surface area contributed by atoms with Gasteiger partial charge in [0, 0.05) is 17.1 Å². The molecule has 2 amide bonds. The summed E-state index contributed by atoms with van der Waals surface area (Å²) in [4.78, 5) is 21.4. The summed E-state index contributed by atoms with van der Waals surface area (Å²) in [5, 5.41) is 3.95. The standard InChI is InChI=1S/C24H29N5O3S/c1-27(2)24(19-7-5-4-6-8-19)12-10-23(11-13-24)17-28(22(30)26-23)20-15-18-9-14-29(33(3,31)32)21(18)25-16-20/h4-9,14-16H,10-13,17H2,1-3H3,(H,26,30). The number of pyridine rings is 1. The first-order valence-electron chi connectivity index (χ1n) is 11.1. The third kappa shape index (κ3) is 3.59. The van der Waals surface area contributed by atoms with Crippen LogP contribution in [0.3, 0.4) is 0 Å². The van der Waals surface area contributed by atoms with E-state index in [1.165, 1.54) is 11.8 Å². The average Bonchev–Trinajstić information content (AvgIpc) is 3.35. The lowest BCUT2D eigenvalue weighted by atomic mass is 9.69. The molecule has 0 radical (unpaired) electrons. The van der Waals surface area contributed by atoms with Crippen molar-refractivity contribution in [3.63, 3.8) is 0 Å². The number of nitrogens with one attached hydrogen (secondary N) is 1. The molecule has 0 unspecified atom stereocenters. The zero-order chi connectivity index (χ0) is 23.4. The van der Waals surface area contributed by atoms with Gasteiger partial charge >= 0.3 is 6.03 Å². The van der Waals surface area contributed by atoms with Crippen molar-refractivity contribution in [2.24, 2.45) is 0 Å². The van der Waals surface area contributed by atoms with Crippen LogP contribution in [0.25, 0.3) is 11.0 Å². The van der Waals surface area contributed by atoms with Gasteiger partial charge in [-0.05, 0) is 57.5 Å². The molecule has 1 saturated carbocycles. The molecule has 2 aromatic heterocycles. The predicted octanol–water partition coefficient (Wildman–Crippen LogP) is 3.14. The van der Waals surface area contributed by atoms with Gasteiger partial charge in [-0.3, -0.25) is 9.80 Å². The number of hydrogen-bond acceptors (Lipinski definition) is 5. The van der Waals surface area contributed by atoms with Gasteiger partial charge in [-0.15, -0.1) is 0 Å². The van der Waals surface area contributed by atoms with E-state index in [0.717, 1.165) is 35.9 Å². The molecule has 3 heterocycles. The van der Waals surface area contributed by atoms with Crippen molar-refractivity contribution in [3.8, 4) is 0 Å². The number of fused-ring (bicyclic) bond motifs is 1. The van der Waals surface area contributed by atoms with E-state index in [1.807, 2.05) is 12.1 Å². The van der Waals surface area contributed by atoms with Crippen molar-refractivity contribution in [1.82, 2.24) is 19.2 Å². The van der Waals surface area contributed by atoms with Gasteiger partial charge < -0.3 is 5.32 Å². The molecule has 33 heavy (non-hydrogen) atoms. The Morgan fingerprint density at radius 1 is 1.06 bits per heavy atom. The fourth-order valence-corrected chi connectivity index (χ4v) is 6.24. The van der Waals surface area contributed by atoms with Gasteiger partial charge in [-0.2, -0.15) is 0 Å². The minimum absolute atomic E-state index is 0.0420. The maximum atomic E-state index is 13.0. The van der Waals surface area contributed by atoms with Gasteiger partial charge in [0.25, 0.3) is 0 Å². The number of nitrogens with zero attached hydrogens (tertiary/aromatic N) is 4. The molecule has 9 heteroatoms. The van der Waals surface area contributed by atoms with Crippen LogP contribution in [0.5, 0.6) is 0 Å². The van der Waals surface area contributed by atoms with Crippen molar-refractivity contribution in [3.05, 3.63) is 60.4 Å². The van der Waals surface area contributed by atoms with Crippen LogP contribution in [-0.2, 0) is 15.6 Å². The lowest BCUT2D eigenvalue weighted by Crippen LogP contribution is -2.54. The maximum absolute atomic E-state index is 13.0. The van der Waals surface area contributed by atoms with Gasteiger partial charge in [0.1, 0.15) is 0 Å². The molecular weight excluding hydrogens is 438 g/mol. The molecule has 0 bridgehead atoms. The van der Waals surface area contributed by atoms with E-state index < -0.39 is 10.0 Å². The molecule has 1 saturated heterocycles. The number of aromatic nitrogens is 2. The Morgan fingerprint density at radius 3 is 2.39 bits per heavy atom. The molecule has 1 aliphatic carbocycles. The zero-order valence-electron chi connectivity index (χ0n) is 19.2. The van der Waals surface area contributed by atoms with Crippen LogP contribution >= 0.6 is 0 Å². The normalized spacial score (nSPS) is 25.8. The Hall–Kier alpha value is -2.91. The summed E-state index contributed by atoms with van der Waals surface area (Å²) in [6.07, 6.45) is 7.88. The second kappa shape index (κ2) is 7.56. The summed E-state index contributed by atoms with van der Waals surface area (Å²) in [7, 11) is 0.831. The van der Waals surface area contributed by atoms with Gasteiger partial charge in [0.15, 0.2) is 5.65 Å². The summed E-state index contributed by atoms with van der Waals surface area (Å²) in [6, 6.07) is 14.0. The van der Waals surface area contributed by atoms with E-state index in [2.05, 4.69) is 53.6 Å². The molecule has 1 aliphatic heterocycles. The molecule has 1 aromatic carbocycles. The van der Waals surface area contributed by atoms with Gasteiger partial charge in [0.2, 0.25) is 10.0 Å². The molecule has 1 spiro atoms. The minimum Gasteiger partial charge on any atom is -0.330 e. The number of benzene rings is 1. The van der Waals surface area contributed by atoms with E-state index in [0.29, 0.717) is 23.3 Å². The first-order chi connectivity index (χ1) is 15.6. The van der Waals surface area contributed by atoms with E-state index in [1.54, 1.807) is 17.2 Å². The van der Waals surface area contributed by atoms with Crippen LogP contribution in [0.1, 0.15) is 31.2 Å². The van der Waals surface area contributed by atoms with E-state index in [4.69, 9.17) is 0 Å². The molecule has 5 rings (SSSR count). The first-order valence-corrected chi connectivity index (χ1v) is 13.0. The Labute approximate surface area is 194 Å². The fourth-order valence-electron chi connectivity index (χ4n) is 5.49. The number of amides is 2. The van der Waals surface area contributed by atoms with Crippen LogP contribution in [-0.4, -0.2) is 60.7 Å². The highest BCUT2D eigenvalue weighted by molar-refractivity contribution is 7.89. The summed E-state index contributed by atoms with van der Waals surface area (Å²) >= 11 is 0. The van der Waals surface area contributed by atoms with Gasteiger partial charge in [-0.25, -0.2) is 22.2 Å². The molecule has 2 aliphatic rings. The summed E-state index contributed by atoms with van der Waals surface area (Å²) in [5.41, 5.74) is 2.04. The Balaban J connectivity index is 1.39. The molecule has 3 aromatic rings. The van der Waals surface area contributed by atoms with Crippen molar-refractivity contribution in [2.75, 3.05) is 31.8 Å². The quantitative estimate of drug-likeness (QED) is 0.637. The highest BCUT2D eigenvalue weighted by atomic mass is 32.2. The van der Waals surface area contributed by atoms with Crippen LogP contribution < -0.4 is 10.2 Å². The lowest BCUT2D eigenvalue weighted by Gasteiger charge is -2.48. The highest BCUT2D eigenvalue weighted by Gasteiger charge is 2.50. The van der Waals surface area contributed by atoms with Gasteiger partial charge in [0.05, 0.1) is 30.2 Å². The van der Waals surface area contributed by atoms with E-state index in [-0.39, 0.29) is 17.1 Å². The number of hydrogen-bond donors (Lipinski definition) is 1. The predicted molar refractivity (Wildman–Crippen MR) is 129 cm³/mol. The molecular formula is C24H29N5O3S. The Kier molecular flexibility index (Phi) is 5.02. The second-order valence-electron chi connectivity index (χ2n) is 9.57.